The molecule has 0 saturated heterocycles. The van der Waals surface area contributed by atoms with Crippen molar-refractivity contribution in [2.75, 3.05) is 5.32 Å². The van der Waals surface area contributed by atoms with Crippen LogP contribution in [-0.4, -0.2) is 10.8 Å². The first kappa shape index (κ1) is 13.6. The number of aromatic nitrogens is 1. The van der Waals surface area contributed by atoms with Crippen LogP contribution in [0.4, 0.5) is 11.4 Å². The number of Topliss-reactive ketones (excluding diaryl/α,β-unsaturated/α-hetero) is 1. The Bertz CT molecular complexity index is 747. The molecular formula is C17H18N2O2. The average Bonchev–Trinajstić information content (AvgIpc) is 2.51. The number of hydrogen-bond donors (Lipinski definition) is 2. The van der Waals surface area contributed by atoms with Crippen LogP contribution < -0.4 is 10.9 Å². The first-order valence-corrected chi connectivity index (χ1v) is 7.26. The molecule has 0 spiro atoms. The fraction of sp³-hybridized carbons (Fsp3) is 0.294. The Balaban J connectivity index is 1.97. The van der Waals surface area contributed by atoms with Crippen molar-refractivity contribution in [3.8, 4) is 0 Å². The van der Waals surface area contributed by atoms with Crippen LogP contribution in [-0.2, 0) is 12.8 Å². The summed E-state index contributed by atoms with van der Waals surface area (Å²) in [4.78, 5) is 26.1. The van der Waals surface area contributed by atoms with Gasteiger partial charge in [-0.3, -0.25) is 9.59 Å². The van der Waals surface area contributed by atoms with E-state index in [1.54, 1.807) is 19.2 Å². The van der Waals surface area contributed by atoms with Gasteiger partial charge < -0.3 is 10.3 Å². The van der Waals surface area contributed by atoms with Gasteiger partial charge in [-0.05, 0) is 50.3 Å². The minimum absolute atomic E-state index is 0.0211. The molecule has 4 nitrogen and oxygen atoms in total. The number of benzene rings is 1. The lowest BCUT2D eigenvalue weighted by Gasteiger charge is -2.19. The van der Waals surface area contributed by atoms with Crippen LogP contribution in [0.25, 0.3) is 0 Å². The van der Waals surface area contributed by atoms with E-state index < -0.39 is 0 Å². The molecule has 2 aromatic rings. The molecule has 0 aliphatic heterocycles. The third-order valence-corrected chi connectivity index (χ3v) is 3.96. The zero-order valence-corrected chi connectivity index (χ0v) is 12.0. The standard InChI is InChI=1S/C17H18N2O2/c1-11(20)12-5-4-6-13(9-12)19-16-10-18-17(21)15-8-3-2-7-14(15)16/h4-6,9-10,19H,2-3,7-8H2,1H3,(H,18,21). The topological polar surface area (TPSA) is 62.0 Å². The Morgan fingerprint density at radius 2 is 1.95 bits per heavy atom. The first-order valence-electron chi connectivity index (χ1n) is 7.26. The van der Waals surface area contributed by atoms with Crippen molar-refractivity contribution in [3.05, 3.63) is 57.5 Å². The minimum Gasteiger partial charge on any atom is -0.354 e. The summed E-state index contributed by atoms with van der Waals surface area (Å²) in [5, 5.41) is 3.33. The van der Waals surface area contributed by atoms with Gasteiger partial charge in [0, 0.05) is 23.0 Å². The van der Waals surface area contributed by atoms with E-state index in [-0.39, 0.29) is 11.3 Å². The fourth-order valence-corrected chi connectivity index (χ4v) is 2.85. The maximum Gasteiger partial charge on any atom is 0.251 e. The summed E-state index contributed by atoms with van der Waals surface area (Å²) in [7, 11) is 0. The molecule has 0 unspecified atom stereocenters. The van der Waals surface area contributed by atoms with E-state index >= 15 is 0 Å². The van der Waals surface area contributed by atoms with Crippen molar-refractivity contribution in [1.82, 2.24) is 4.98 Å². The Morgan fingerprint density at radius 3 is 2.71 bits per heavy atom. The van der Waals surface area contributed by atoms with Gasteiger partial charge in [0.15, 0.2) is 5.78 Å². The number of H-pyrrole nitrogens is 1. The van der Waals surface area contributed by atoms with E-state index in [1.807, 2.05) is 18.2 Å². The molecular weight excluding hydrogens is 264 g/mol. The number of carbonyl (C=O) groups is 1. The quantitative estimate of drug-likeness (QED) is 0.850. The summed E-state index contributed by atoms with van der Waals surface area (Å²) in [5.74, 6) is 0.0437. The SMILES string of the molecule is CC(=O)c1cccc(Nc2c[nH]c(=O)c3c2CCCC3)c1. The maximum absolute atomic E-state index is 11.9. The average molecular weight is 282 g/mol. The van der Waals surface area contributed by atoms with Crippen LogP contribution in [0.3, 0.4) is 0 Å². The highest BCUT2D eigenvalue weighted by atomic mass is 16.1. The lowest BCUT2D eigenvalue weighted by atomic mass is 9.92. The van der Waals surface area contributed by atoms with Gasteiger partial charge in [0.05, 0.1) is 5.69 Å². The van der Waals surface area contributed by atoms with Gasteiger partial charge in [0.25, 0.3) is 5.56 Å². The molecule has 21 heavy (non-hydrogen) atoms. The molecule has 3 rings (SSSR count). The number of hydrogen-bond acceptors (Lipinski definition) is 3. The molecule has 1 heterocycles. The molecule has 0 radical (unpaired) electrons. The van der Waals surface area contributed by atoms with E-state index in [2.05, 4.69) is 10.3 Å². The molecule has 2 N–H and O–H groups in total. The molecule has 1 aliphatic rings. The summed E-state index contributed by atoms with van der Waals surface area (Å²) in [6, 6.07) is 7.42. The minimum atomic E-state index is 0.0211. The van der Waals surface area contributed by atoms with Gasteiger partial charge in [-0.15, -0.1) is 0 Å². The van der Waals surface area contributed by atoms with Crippen molar-refractivity contribution in [2.24, 2.45) is 0 Å². The van der Waals surface area contributed by atoms with Crippen LogP contribution >= 0.6 is 0 Å². The Labute approximate surface area is 123 Å². The van der Waals surface area contributed by atoms with Gasteiger partial charge in [-0.1, -0.05) is 12.1 Å². The monoisotopic (exact) mass is 282 g/mol. The molecule has 0 fully saturated rings. The lowest BCUT2D eigenvalue weighted by Crippen LogP contribution is -2.20. The fourth-order valence-electron chi connectivity index (χ4n) is 2.85. The van der Waals surface area contributed by atoms with Gasteiger partial charge >= 0.3 is 0 Å². The molecule has 0 atom stereocenters. The molecule has 0 saturated carbocycles. The van der Waals surface area contributed by atoms with Crippen molar-refractivity contribution in [3.63, 3.8) is 0 Å². The third kappa shape index (κ3) is 2.75. The summed E-state index contributed by atoms with van der Waals surface area (Å²) in [5.41, 5.74) is 4.51. The number of carbonyl (C=O) groups excluding carboxylic acids is 1. The predicted octanol–water partition coefficient (Wildman–Crippen LogP) is 3.20. The van der Waals surface area contributed by atoms with Crippen molar-refractivity contribution in [2.45, 2.75) is 32.6 Å². The number of aromatic amines is 1. The molecule has 108 valence electrons. The van der Waals surface area contributed by atoms with Crippen LogP contribution in [0.1, 0.15) is 41.3 Å². The summed E-state index contributed by atoms with van der Waals surface area (Å²) in [6.45, 7) is 1.56. The highest BCUT2D eigenvalue weighted by Crippen LogP contribution is 2.27. The van der Waals surface area contributed by atoms with Gasteiger partial charge in [0.1, 0.15) is 0 Å². The molecule has 0 bridgehead atoms. The second-order valence-corrected chi connectivity index (χ2v) is 5.46. The lowest BCUT2D eigenvalue weighted by molar-refractivity contribution is 0.101. The van der Waals surface area contributed by atoms with Gasteiger partial charge in [0.2, 0.25) is 0 Å². The molecule has 1 aromatic heterocycles. The molecule has 1 aliphatic carbocycles. The number of rotatable bonds is 3. The van der Waals surface area contributed by atoms with Gasteiger partial charge in [-0.2, -0.15) is 0 Å². The van der Waals surface area contributed by atoms with E-state index in [1.165, 1.54) is 0 Å². The molecule has 1 aromatic carbocycles. The Kier molecular flexibility index (Phi) is 3.60. The largest absolute Gasteiger partial charge is 0.354 e. The van der Waals surface area contributed by atoms with E-state index in [4.69, 9.17) is 0 Å². The number of ketones is 1. The van der Waals surface area contributed by atoms with E-state index in [9.17, 15) is 9.59 Å². The third-order valence-electron chi connectivity index (χ3n) is 3.96. The zero-order chi connectivity index (χ0) is 14.8. The summed E-state index contributed by atoms with van der Waals surface area (Å²) >= 11 is 0. The number of pyridine rings is 1. The van der Waals surface area contributed by atoms with Crippen molar-refractivity contribution in [1.29, 1.82) is 0 Å². The summed E-state index contributed by atoms with van der Waals surface area (Å²) < 4.78 is 0. The maximum atomic E-state index is 11.9. The Morgan fingerprint density at radius 1 is 1.19 bits per heavy atom. The second kappa shape index (κ2) is 5.56. The predicted molar refractivity (Wildman–Crippen MR) is 83.4 cm³/mol. The molecule has 0 amide bonds. The van der Waals surface area contributed by atoms with E-state index in [0.29, 0.717) is 5.56 Å². The van der Waals surface area contributed by atoms with Crippen molar-refractivity contribution >= 4 is 17.2 Å². The second-order valence-electron chi connectivity index (χ2n) is 5.46. The normalized spacial score (nSPS) is 13.6. The van der Waals surface area contributed by atoms with Crippen LogP contribution in [0.15, 0.2) is 35.3 Å². The van der Waals surface area contributed by atoms with Crippen LogP contribution in [0.2, 0.25) is 0 Å². The smallest absolute Gasteiger partial charge is 0.251 e. The molecule has 4 heteroatoms. The first-order chi connectivity index (χ1) is 10.1. The van der Waals surface area contributed by atoms with E-state index in [0.717, 1.165) is 48.2 Å². The van der Waals surface area contributed by atoms with Crippen molar-refractivity contribution < 1.29 is 4.79 Å². The van der Waals surface area contributed by atoms with Crippen LogP contribution in [0, 0.1) is 0 Å². The number of fused-ring (bicyclic) bond motifs is 1. The number of nitrogens with one attached hydrogen (secondary N) is 2. The Hall–Kier alpha value is -2.36. The van der Waals surface area contributed by atoms with Crippen LogP contribution in [0.5, 0.6) is 0 Å². The highest BCUT2D eigenvalue weighted by Gasteiger charge is 2.16. The highest BCUT2D eigenvalue weighted by molar-refractivity contribution is 5.95. The number of anilines is 2. The van der Waals surface area contributed by atoms with Gasteiger partial charge in [-0.25, -0.2) is 0 Å². The summed E-state index contributed by atoms with van der Waals surface area (Å²) in [6.07, 6.45) is 5.67. The zero-order valence-electron chi connectivity index (χ0n) is 12.0.